The zero-order chi connectivity index (χ0) is 10.7. The second-order valence-electron chi connectivity index (χ2n) is 2.96. The summed E-state index contributed by atoms with van der Waals surface area (Å²) in [4.78, 5) is 20.4. The van der Waals surface area contributed by atoms with Gasteiger partial charge in [-0.25, -0.2) is 4.79 Å². The van der Waals surface area contributed by atoms with Crippen molar-refractivity contribution in [1.82, 2.24) is 0 Å². The van der Waals surface area contributed by atoms with Gasteiger partial charge in [0.2, 0.25) is 6.54 Å². The summed E-state index contributed by atoms with van der Waals surface area (Å²) < 4.78 is 0. The number of hydrogen-bond acceptors (Lipinski definition) is 3. The van der Waals surface area contributed by atoms with Crippen molar-refractivity contribution in [3.8, 4) is 0 Å². The molecule has 0 atom stereocenters. The molecule has 0 aliphatic carbocycles. The lowest BCUT2D eigenvalue weighted by atomic mass is 10.0. The maximum atomic E-state index is 10.7. The van der Waals surface area contributed by atoms with Crippen molar-refractivity contribution in [2.45, 2.75) is 13.5 Å². The van der Waals surface area contributed by atoms with Gasteiger partial charge in [-0.2, -0.15) is 0 Å². The molecule has 74 valence electrons. The molecule has 1 rings (SSSR count). The Balaban J connectivity index is 3.14. The molecule has 0 unspecified atom stereocenters. The van der Waals surface area contributed by atoms with E-state index in [0.717, 1.165) is 5.56 Å². The van der Waals surface area contributed by atoms with E-state index in [2.05, 4.69) is 0 Å². The fraction of sp³-hybridized carbons (Fsp3) is 0.222. The van der Waals surface area contributed by atoms with Crippen molar-refractivity contribution in [2.75, 3.05) is 0 Å². The molecule has 0 heterocycles. The first kappa shape index (κ1) is 10.2. The number of carbonyl (C=O) groups is 1. The summed E-state index contributed by atoms with van der Waals surface area (Å²) >= 11 is 0. The molecule has 0 aromatic heterocycles. The SMILES string of the molecule is Cc1ccc(C[N+](=O)[O-])c(C(=O)O)c1. The molecule has 5 nitrogen and oxygen atoms in total. The molecule has 0 fully saturated rings. The van der Waals surface area contributed by atoms with E-state index >= 15 is 0 Å². The molecule has 14 heavy (non-hydrogen) atoms. The minimum atomic E-state index is -1.13. The van der Waals surface area contributed by atoms with Gasteiger partial charge in [-0.05, 0) is 13.0 Å². The van der Waals surface area contributed by atoms with E-state index in [-0.39, 0.29) is 11.1 Å². The zero-order valence-corrected chi connectivity index (χ0v) is 7.56. The Morgan fingerprint density at radius 1 is 1.57 bits per heavy atom. The van der Waals surface area contributed by atoms with Crippen molar-refractivity contribution in [3.05, 3.63) is 45.0 Å². The van der Waals surface area contributed by atoms with Crippen LogP contribution in [0.25, 0.3) is 0 Å². The van der Waals surface area contributed by atoms with Gasteiger partial charge in [0, 0.05) is 10.5 Å². The lowest BCUT2D eigenvalue weighted by Gasteiger charge is -2.02. The van der Waals surface area contributed by atoms with Gasteiger partial charge in [-0.1, -0.05) is 17.7 Å². The third-order valence-electron chi connectivity index (χ3n) is 1.80. The van der Waals surface area contributed by atoms with E-state index in [9.17, 15) is 14.9 Å². The van der Waals surface area contributed by atoms with Gasteiger partial charge >= 0.3 is 5.97 Å². The molecule has 0 bridgehead atoms. The summed E-state index contributed by atoms with van der Waals surface area (Å²) in [5.41, 5.74) is 1.00. The Morgan fingerprint density at radius 2 is 2.21 bits per heavy atom. The number of aromatic carboxylic acids is 1. The Bertz CT molecular complexity index is 386. The van der Waals surface area contributed by atoms with E-state index in [1.165, 1.54) is 12.1 Å². The first-order valence-corrected chi connectivity index (χ1v) is 3.95. The molecule has 0 aliphatic heterocycles. The highest BCUT2D eigenvalue weighted by Crippen LogP contribution is 2.12. The average molecular weight is 195 g/mol. The largest absolute Gasteiger partial charge is 0.478 e. The zero-order valence-electron chi connectivity index (χ0n) is 7.56. The summed E-state index contributed by atoms with van der Waals surface area (Å²) in [6.07, 6.45) is 0. The van der Waals surface area contributed by atoms with Crippen LogP contribution >= 0.6 is 0 Å². The minimum absolute atomic E-state index is 0.00157. The second kappa shape index (κ2) is 3.87. The molecular weight excluding hydrogens is 186 g/mol. The van der Waals surface area contributed by atoms with Crippen molar-refractivity contribution >= 4 is 5.97 Å². The normalized spacial score (nSPS) is 9.79. The maximum absolute atomic E-state index is 10.7. The Morgan fingerprint density at radius 3 is 2.71 bits per heavy atom. The van der Waals surface area contributed by atoms with Crippen LogP contribution in [0.15, 0.2) is 18.2 Å². The highest BCUT2D eigenvalue weighted by molar-refractivity contribution is 5.89. The number of nitrogens with zero attached hydrogens (tertiary/aromatic N) is 1. The van der Waals surface area contributed by atoms with E-state index in [0.29, 0.717) is 0 Å². The van der Waals surface area contributed by atoms with Gasteiger partial charge in [-0.3, -0.25) is 10.1 Å². The van der Waals surface area contributed by atoms with Gasteiger partial charge in [0.05, 0.1) is 5.56 Å². The Labute approximate surface area is 80.1 Å². The third kappa shape index (κ3) is 2.29. The van der Waals surface area contributed by atoms with Crippen molar-refractivity contribution in [3.63, 3.8) is 0 Å². The second-order valence-corrected chi connectivity index (χ2v) is 2.96. The fourth-order valence-corrected chi connectivity index (χ4v) is 1.17. The lowest BCUT2D eigenvalue weighted by molar-refractivity contribution is -0.496. The number of rotatable bonds is 3. The Hall–Kier alpha value is -1.91. The summed E-state index contributed by atoms with van der Waals surface area (Å²) in [5, 5.41) is 19.0. The van der Waals surface area contributed by atoms with Crippen molar-refractivity contribution < 1.29 is 14.8 Å². The predicted octanol–water partition coefficient (Wildman–Crippen LogP) is 1.47. The van der Waals surface area contributed by atoms with E-state index in [1.807, 2.05) is 0 Å². The first-order chi connectivity index (χ1) is 6.50. The monoisotopic (exact) mass is 195 g/mol. The van der Waals surface area contributed by atoms with Crippen LogP contribution in [0.5, 0.6) is 0 Å². The number of carboxylic acid groups (broad SMARTS) is 1. The molecule has 5 heteroatoms. The van der Waals surface area contributed by atoms with Crippen LogP contribution in [0.3, 0.4) is 0 Å². The van der Waals surface area contributed by atoms with Gasteiger partial charge < -0.3 is 5.11 Å². The summed E-state index contributed by atoms with van der Waals surface area (Å²) in [6, 6.07) is 4.56. The van der Waals surface area contributed by atoms with E-state index in [4.69, 9.17) is 5.11 Å². The number of carboxylic acids is 1. The van der Waals surface area contributed by atoms with Crippen LogP contribution in [0.2, 0.25) is 0 Å². The van der Waals surface area contributed by atoms with Crippen LogP contribution in [0, 0.1) is 17.0 Å². The van der Waals surface area contributed by atoms with Gasteiger partial charge in [0.1, 0.15) is 0 Å². The van der Waals surface area contributed by atoms with Gasteiger partial charge in [-0.15, -0.1) is 0 Å². The molecule has 0 saturated heterocycles. The van der Waals surface area contributed by atoms with Crippen LogP contribution in [-0.4, -0.2) is 16.0 Å². The number of nitro groups is 1. The highest BCUT2D eigenvalue weighted by atomic mass is 16.6. The van der Waals surface area contributed by atoms with E-state index in [1.54, 1.807) is 13.0 Å². The van der Waals surface area contributed by atoms with Crippen molar-refractivity contribution in [2.24, 2.45) is 0 Å². The number of aryl methyl sites for hydroxylation is 1. The molecule has 1 aromatic rings. The number of hydrogen-bond donors (Lipinski definition) is 1. The molecule has 1 aromatic carbocycles. The topological polar surface area (TPSA) is 80.4 Å². The molecule has 0 saturated carbocycles. The molecule has 1 N–H and O–H groups in total. The maximum Gasteiger partial charge on any atom is 0.336 e. The first-order valence-electron chi connectivity index (χ1n) is 3.95. The highest BCUT2D eigenvalue weighted by Gasteiger charge is 2.13. The van der Waals surface area contributed by atoms with Crippen LogP contribution in [-0.2, 0) is 6.54 Å². The molecular formula is C9H9NO4. The van der Waals surface area contributed by atoms with Gasteiger partial charge in [0.25, 0.3) is 0 Å². The Kier molecular flexibility index (Phi) is 2.81. The summed E-state index contributed by atoms with van der Waals surface area (Å²) in [5.74, 6) is -1.13. The average Bonchev–Trinajstić information content (AvgIpc) is 2.07. The van der Waals surface area contributed by atoms with Crippen LogP contribution in [0.1, 0.15) is 21.5 Å². The molecule has 0 spiro atoms. The fourth-order valence-electron chi connectivity index (χ4n) is 1.17. The van der Waals surface area contributed by atoms with Crippen molar-refractivity contribution in [1.29, 1.82) is 0 Å². The summed E-state index contributed by atoms with van der Waals surface area (Å²) in [7, 11) is 0. The van der Waals surface area contributed by atoms with Crippen LogP contribution in [0.4, 0.5) is 0 Å². The van der Waals surface area contributed by atoms with E-state index < -0.39 is 17.4 Å². The smallest absolute Gasteiger partial charge is 0.336 e. The molecule has 0 radical (unpaired) electrons. The molecule has 0 amide bonds. The summed E-state index contributed by atoms with van der Waals surface area (Å²) in [6.45, 7) is 1.28. The van der Waals surface area contributed by atoms with Gasteiger partial charge in [0.15, 0.2) is 0 Å². The predicted molar refractivity (Wildman–Crippen MR) is 48.8 cm³/mol. The standard InChI is InChI=1S/C9H9NO4/c1-6-2-3-7(5-10(13)14)8(4-6)9(11)12/h2-4H,5H2,1H3,(H,11,12). The number of benzene rings is 1. The van der Waals surface area contributed by atoms with Crippen LogP contribution < -0.4 is 0 Å². The lowest BCUT2D eigenvalue weighted by Crippen LogP contribution is -2.07. The third-order valence-corrected chi connectivity index (χ3v) is 1.80. The minimum Gasteiger partial charge on any atom is -0.478 e. The molecule has 0 aliphatic rings. The quantitative estimate of drug-likeness (QED) is 0.585.